The fourth-order valence-corrected chi connectivity index (χ4v) is 4.00. The number of hydrogen-bond donors (Lipinski definition) is 4. The van der Waals surface area contributed by atoms with Gasteiger partial charge in [-0.1, -0.05) is 18.2 Å². The van der Waals surface area contributed by atoms with Crippen LogP contribution in [0.5, 0.6) is 0 Å². The molecule has 0 saturated carbocycles. The zero-order valence-electron chi connectivity index (χ0n) is 15.8. The van der Waals surface area contributed by atoms with Gasteiger partial charge in [0.25, 0.3) is 0 Å². The van der Waals surface area contributed by atoms with Crippen LogP contribution in [0.1, 0.15) is 11.8 Å². The van der Waals surface area contributed by atoms with Crippen molar-refractivity contribution in [3.8, 4) is 0 Å². The van der Waals surface area contributed by atoms with E-state index in [0.29, 0.717) is 11.1 Å². The summed E-state index contributed by atoms with van der Waals surface area (Å²) in [5.74, 6) is 0.280. The topological polar surface area (TPSA) is 126 Å². The summed E-state index contributed by atoms with van der Waals surface area (Å²) < 4.78 is 45.3. The summed E-state index contributed by atoms with van der Waals surface area (Å²) >= 11 is -0.191. The molecule has 13 heteroatoms. The lowest BCUT2D eigenvalue weighted by Gasteiger charge is -2.16. The summed E-state index contributed by atoms with van der Waals surface area (Å²) in [4.78, 5) is 12.5. The van der Waals surface area contributed by atoms with Gasteiger partial charge in [0.05, 0.1) is 12.9 Å². The molecule has 1 fully saturated rings. The number of thioether (sulfide) groups is 1. The first-order chi connectivity index (χ1) is 14.8. The average Bonchev–Trinajstić information content (AvgIpc) is 3.28. The molecule has 1 aliphatic heterocycles. The summed E-state index contributed by atoms with van der Waals surface area (Å²) in [6.07, 6.45) is -2.00. The largest absolute Gasteiger partial charge is 0.446 e. The highest BCUT2D eigenvalue weighted by Crippen LogP contribution is 2.38. The quantitative estimate of drug-likeness (QED) is 0.409. The number of nitrogens with one attached hydrogen (secondary N) is 1. The number of rotatable bonds is 6. The first-order valence-corrected chi connectivity index (χ1v) is 9.97. The van der Waals surface area contributed by atoms with Crippen molar-refractivity contribution < 1.29 is 33.2 Å². The Hall–Kier alpha value is -2.45. The van der Waals surface area contributed by atoms with E-state index < -0.39 is 36.7 Å². The molecule has 1 aliphatic rings. The second-order valence-electron chi connectivity index (χ2n) is 6.78. The third-order valence-electron chi connectivity index (χ3n) is 4.79. The number of halogens is 3. The number of ether oxygens (including phenoxy) is 1. The van der Waals surface area contributed by atoms with Crippen LogP contribution in [-0.2, 0) is 11.3 Å². The van der Waals surface area contributed by atoms with E-state index >= 15 is 0 Å². The number of anilines is 1. The zero-order chi connectivity index (χ0) is 22.2. The Kier molecular flexibility index (Phi) is 6.03. The van der Waals surface area contributed by atoms with Crippen molar-refractivity contribution in [2.45, 2.75) is 41.5 Å². The number of fused-ring (bicyclic) bond motifs is 1. The summed E-state index contributed by atoms with van der Waals surface area (Å²) in [5.41, 5.74) is -3.39. The minimum Gasteiger partial charge on any atom is -0.394 e. The number of imidazole rings is 1. The molecule has 31 heavy (non-hydrogen) atoms. The molecule has 0 unspecified atom stereocenters. The number of aliphatic hydroxyl groups excluding tert-OH is 3. The number of alkyl halides is 3. The van der Waals surface area contributed by atoms with Crippen molar-refractivity contribution in [3.05, 3.63) is 42.5 Å². The van der Waals surface area contributed by atoms with Crippen LogP contribution in [0.25, 0.3) is 11.2 Å². The predicted molar refractivity (Wildman–Crippen MR) is 104 cm³/mol. The van der Waals surface area contributed by atoms with Gasteiger partial charge < -0.3 is 25.4 Å². The third kappa shape index (κ3) is 4.45. The van der Waals surface area contributed by atoms with E-state index in [1.807, 2.05) is 0 Å². The number of benzene rings is 1. The van der Waals surface area contributed by atoms with Crippen LogP contribution in [0.15, 0.2) is 41.8 Å². The van der Waals surface area contributed by atoms with Gasteiger partial charge >= 0.3 is 5.51 Å². The molecule has 0 bridgehead atoms. The Morgan fingerprint density at radius 3 is 2.61 bits per heavy atom. The van der Waals surface area contributed by atoms with Gasteiger partial charge in [-0.15, -0.1) is 0 Å². The maximum Gasteiger partial charge on any atom is 0.446 e. The Morgan fingerprint density at radius 2 is 1.90 bits per heavy atom. The van der Waals surface area contributed by atoms with Crippen molar-refractivity contribution in [3.63, 3.8) is 0 Å². The fourth-order valence-electron chi connectivity index (χ4n) is 3.33. The highest BCUT2D eigenvalue weighted by Gasteiger charge is 2.44. The second kappa shape index (κ2) is 8.59. The van der Waals surface area contributed by atoms with Crippen molar-refractivity contribution in [1.29, 1.82) is 0 Å². The molecule has 2 aromatic heterocycles. The van der Waals surface area contributed by atoms with Gasteiger partial charge in [-0.25, -0.2) is 15.0 Å². The van der Waals surface area contributed by atoms with E-state index in [0.717, 1.165) is 0 Å². The van der Waals surface area contributed by atoms with Gasteiger partial charge in [-0.2, -0.15) is 13.2 Å². The first kappa shape index (κ1) is 21.8. The predicted octanol–water partition coefficient (Wildman–Crippen LogP) is 1.66. The Morgan fingerprint density at radius 1 is 1.13 bits per heavy atom. The lowest BCUT2D eigenvalue weighted by atomic mass is 10.1. The van der Waals surface area contributed by atoms with Crippen LogP contribution in [0, 0.1) is 0 Å². The normalized spacial score (nSPS) is 24.1. The standard InChI is InChI=1S/C18H18F3N5O4S/c19-18(20,21)31-11-4-2-1-3-9(11)5-22-15-12-16(24-7-23-15)26(8-25-12)17-14(29)13(28)10(6-27)30-17/h1-4,7-8,10,13-14,17,27-29H,5-6H2,(H,22,23,24)/t10-,13-,14-,17-/m1/s1. The highest BCUT2D eigenvalue weighted by atomic mass is 32.2. The molecule has 4 atom stereocenters. The zero-order valence-corrected chi connectivity index (χ0v) is 16.6. The van der Waals surface area contributed by atoms with Crippen molar-refractivity contribution >= 4 is 28.7 Å². The van der Waals surface area contributed by atoms with Crippen LogP contribution in [0.3, 0.4) is 0 Å². The summed E-state index contributed by atoms with van der Waals surface area (Å²) in [7, 11) is 0. The second-order valence-corrected chi connectivity index (χ2v) is 7.89. The molecule has 4 rings (SSSR count). The molecule has 3 aromatic rings. The van der Waals surface area contributed by atoms with E-state index in [9.17, 15) is 28.5 Å². The van der Waals surface area contributed by atoms with Crippen molar-refractivity contribution in [2.24, 2.45) is 0 Å². The molecule has 166 valence electrons. The van der Waals surface area contributed by atoms with Gasteiger partial charge in [0.2, 0.25) is 0 Å². The van der Waals surface area contributed by atoms with Gasteiger partial charge in [-0.05, 0) is 23.4 Å². The Bertz CT molecular complexity index is 1070. The van der Waals surface area contributed by atoms with Gasteiger partial charge in [-0.3, -0.25) is 4.57 Å². The smallest absolute Gasteiger partial charge is 0.394 e. The van der Waals surface area contributed by atoms with Crippen LogP contribution in [-0.4, -0.2) is 65.3 Å². The third-order valence-corrected chi connectivity index (χ3v) is 5.64. The molecule has 4 N–H and O–H groups in total. The molecule has 1 saturated heterocycles. The van der Waals surface area contributed by atoms with E-state index in [1.54, 1.807) is 12.1 Å². The number of nitrogens with zero attached hydrogens (tertiary/aromatic N) is 4. The molecule has 0 radical (unpaired) electrons. The minimum absolute atomic E-state index is 0.0616. The van der Waals surface area contributed by atoms with Crippen molar-refractivity contribution in [1.82, 2.24) is 19.5 Å². The van der Waals surface area contributed by atoms with E-state index in [1.165, 1.54) is 29.4 Å². The maximum atomic E-state index is 12.8. The van der Waals surface area contributed by atoms with E-state index in [-0.39, 0.29) is 34.7 Å². The van der Waals surface area contributed by atoms with E-state index in [2.05, 4.69) is 20.3 Å². The lowest BCUT2D eigenvalue weighted by Crippen LogP contribution is -2.33. The minimum atomic E-state index is -4.41. The van der Waals surface area contributed by atoms with Crippen LogP contribution in [0.2, 0.25) is 0 Å². The fraction of sp³-hybridized carbons (Fsp3) is 0.389. The molecular weight excluding hydrogens is 439 g/mol. The molecule has 0 spiro atoms. The molecule has 0 amide bonds. The molecule has 9 nitrogen and oxygen atoms in total. The monoisotopic (exact) mass is 457 g/mol. The molecule has 0 aliphatic carbocycles. The molecular formula is C18H18F3N5O4S. The maximum absolute atomic E-state index is 12.8. The Labute approximate surface area is 177 Å². The van der Waals surface area contributed by atoms with Gasteiger partial charge in [0, 0.05) is 11.4 Å². The average molecular weight is 457 g/mol. The summed E-state index contributed by atoms with van der Waals surface area (Å²) in [6.45, 7) is -0.412. The number of hydrogen-bond acceptors (Lipinski definition) is 9. The van der Waals surface area contributed by atoms with Crippen LogP contribution < -0.4 is 5.32 Å². The van der Waals surface area contributed by atoms with Crippen molar-refractivity contribution in [2.75, 3.05) is 11.9 Å². The van der Waals surface area contributed by atoms with E-state index in [4.69, 9.17) is 4.74 Å². The van der Waals surface area contributed by atoms with Gasteiger partial charge in [0.15, 0.2) is 23.2 Å². The first-order valence-electron chi connectivity index (χ1n) is 9.16. The Balaban J connectivity index is 1.58. The van der Waals surface area contributed by atoms with Gasteiger partial charge in [0.1, 0.15) is 24.6 Å². The number of aliphatic hydroxyl groups is 3. The summed E-state index contributed by atoms with van der Waals surface area (Å²) in [5, 5.41) is 32.5. The van der Waals surface area contributed by atoms with Crippen LogP contribution >= 0.6 is 11.8 Å². The lowest BCUT2D eigenvalue weighted by molar-refractivity contribution is -0.0511. The SMILES string of the molecule is OC[C@H]1O[C@@H](n2cnc3c(NCc4ccccc4SC(F)(F)F)ncnc32)[C@H](O)[C@@H]1O. The highest BCUT2D eigenvalue weighted by molar-refractivity contribution is 8.00. The number of aromatic nitrogens is 4. The molecule has 3 heterocycles. The summed E-state index contributed by atoms with van der Waals surface area (Å²) in [6, 6.07) is 6.14. The van der Waals surface area contributed by atoms with Crippen LogP contribution in [0.4, 0.5) is 19.0 Å². The molecule has 1 aromatic carbocycles.